The molecule has 3 nitrogen and oxygen atoms in total. The van der Waals surface area contributed by atoms with Crippen molar-refractivity contribution >= 4 is 11.6 Å². The number of aromatic nitrogens is 2. The second-order valence-electron chi connectivity index (χ2n) is 5.17. The van der Waals surface area contributed by atoms with E-state index in [1.54, 1.807) is 0 Å². The van der Waals surface area contributed by atoms with Crippen LogP contribution in [-0.4, -0.2) is 16.2 Å². The predicted octanol–water partition coefficient (Wildman–Crippen LogP) is 3.08. The van der Waals surface area contributed by atoms with E-state index in [9.17, 15) is 0 Å². The highest BCUT2D eigenvalue weighted by molar-refractivity contribution is 6.30. The van der Waals surface area contributed by atoms with Gasteiger partial charge in [0.25, 0.3) is 0 Å². The van der Waals surface area contributed by atoms with E-state index in [1.165, 1.54) is 24.1 Å². The summed E-state index contributed by atoms with van der Waals surface area (Å²) < 4.78 is 0. The van der Waals surface area contributed by atoms with E-state index in [0.717, 1.165) is 22.7 Å². The summed E-state index contributed by atoms with van der Waals surface area (Å²) in [6, 6.07) is 9.03. The average molecular weight is 260 g/mol. The summed E-state index contributed by atoms with van der Waals surface area (Å²) >= 11 is 6.07. The van der Waals surface area contributed by atoms with Crippen LogP contribution in [0.5, 0.6) is 0 Å². The third-order valence-electron chi connectivity index (χ3n) is 4.02. The maximum absolute atomic E-state index is 6.07. The number of fused-ring (bicyclic) bond motifs is 4. The van der Waals surface area contributed by atoms with Gasteiger partial charge in [0.15, 0.2) is 0 Å². The molecule has 0 amide bonds. The molecular weight excluding hydrogens is 246 g/mol. The maximum atomic E-state index is 6.07. The molecule has 1 aromatic carbocycles. The number of hydrogen-bond donors (Lipinski definition) is 2. The molecule has 1 saturated heterocycles. The number of nitrogens with zero attached hydrogens (tertiary/aromatic N) is 1. The van der Waals surface area contributed by atoms with Crippen molar-refractivity contribution in [1.82, 2.24) is 15.5 Å². The number of aromatic amines is 1. The van der Waals surface area contributed by atoms with Crippen LogP contribution in [0.25, 0.3) is 11.3 Å². The van der Waals surface area contributed by atoms with Crippen LogP contribution in [0.4, 0.5) is 0 Å². The van der Waals surface area contributed by atoms with Crippen LogP contribution >= 0.6 is 11.6 Å². The third-order valence-corrected chi connectivity index (χ3v) is 4.26. The van der Waals surface area contributed by atoms with Crippen LogP contribution in [-0.2, 0) is 6.42 Å². The standard InChI is InChI=1S/C14H14ClN3/c15-9-3-1-2-8(6-9)14-13-11-5-4-10(16-11)7-12(13)17-18-14/h1-3,6,10-11,16H,4-5,7H2,(H,17,18)/t10-,11-/m1/s1. The molecule has 2 aromatic rings. The van der Waals surface area contributed by atoms with Gasteiger partial charge in [0.05, 0.1) is 5.69 Å². The molecule has 0 spiro atoms. The molecule has 2 bridgehead atoms. The number of rotatable bonds is 1. The van der Waals surface area contributed by atoms with Gasteiger partial charge < -0.3 is 5.32 Å². The Morgan fingerprint density at radius 3 is 3.11 bits per heavy atom. The Hall–Kier alpha value is -1.32. The Morgan fingerprint density at radius 2 is 2.22 bits per heavy atom. The number of hydrogen-bond acceptors (Lipinski definition) is 2. The van der Waals surface area contributed by atoms with Crippen LogP contribution in [0.2, 0.25) is 5.02 Å². The van der Waals surface area contributed by atoms with Gasteiger partial charge in [0, 0.05) is 40.3 Å². The minimum atomic E-state index is 0.464. The number of halogens is 1. The van der Waals surface area contributed by atoms with Gasteiger partial charge in [-0.2, -0.15) is 5.10 Å². The molecule has 2 atom stereocenters. The monoisotopic (exact) mass is 259 g/mol. The summed E-state index contributed by atoms with van der Waals surface area (Å²) in [5.41, 5.74) is 4.82. The molecule has 4 rings (SSSR count). The van der Waals surface area contributed by atoms with Crippen molar-refractivity contribution in [3.63, 3.8) is 0 Å². The number of H-pyrrole nitrogens is 1. The first-order chi connectivity index (χ1) is 8.81. The zero-order chi connectivity index (χ0) is 12.1. The molecule has 2 aliphatic rings. The third kappa shape index (κ3) is 1.51. The molecule has 1 aromatic heterocycles. The highest BCUT2D eigenvalue weighted by Gasteiger charge is 2.35. The van der Waals surface area contributed by atoms with Crippen molar-refractivity contribution in [1.29, 1.82) is 0 Å². The van der Waals surface area contributed by atoms with Gasteiger partial charge in [-0.15, -0.1) is 0 Å². The van der Waals surface area contributed by atoms with E-state index in [2.05, 4.69) is 21.6 Å². The summed E-state index contributed by atoms with van der Waals surface area (Å²) in [4.78, 5) is 0. The van der Waals surface area contributed by atoms with Crippen molar-refractivity contribution in [2.24, 2.45) is 0 Å². The molecule has 1 fully saturated rings. The van der Waals surface area contributed by atoms with Gasteiger partial charge in [-0.1, -0.05) is 23.7 Å². The van der Waals surface area contributed by atoms with E-state index in [4.69, 9.17) is 11.6 Å². The summed E-state index contributed by atoms with van der Waals surface area (Å²) in [7, 11) is 0. The summed E-state index contributed by atoms with van der Waals surface area (Å²) in [6.07, 6.45) is 3.55. The molecular formula is C14H14ClN3. The largest absolute Gasteiger partial charge is 0.307 e. The van der Waals surface area contributed by atoms with Crippen molar-refractivity contribution in [2.45, 2.75) is 31.3 Å². The van der Waals surface area contributed by atoms with Crippen LogP contribution in [0.15, 0.2) is 24.3 Å². The van der Waals surface area contributed by atoms with E-state index in [-0.39, 0.29) is 0 Å². The van der Waals surface area contributed by atoms with Crippen molar-refractivity contribution < 1.29 is 0 Å². The summed E-state index contributed by atoms with van der Waals surface area (Å²) in [5, 5.41) is 12.1. The summed E-state index contributed by atoms with van der Waals surface area (Å²) in [6.45, 7) is 0. The minimum Gasteiger partial charge on any atom is -0.307 e. The maximum Gasteiger partial charge on any atom is 0.0971 e. The Bertz CT molecular complexity index is 605. The van der Waals surface area contributed by atoms with Gasteiger partial charge >= 0.3 is 0 Å². The highest BCUT2D eigenvalue weighted by Crippen LogP contribution is 2.40. The van der Waals surface area contributed by atoms with Crippen molar-refractivity contribution in [3.05, 3.63) is 40.5 Å². The Balaban J connectivity index is 1.86. The van der Waals surface area contributed by atoms with Gasteiger partial charge in [-0.3, -0.25) is 5.10 Å². The molecule has 3 heterocycles. The number of nitrogens with one attached hydrogen (secondary N) is 2. The molecule has 2 aliphatic heterocycles. The summed E-state index contributed by atoms with van der Waals surface area (Å²) in [5.74, 6) is 0. The zero-order valence-corrected chi connectivity index (χ0v) is 10.7. The van der Waals surface area contributed by atoms with Crippen LogP contribution in [0.1, 0.15) is 30.1 Å². The van der Waals surface area contributed by atoms with E-state index >= 15 is 0 Å². The van der Waals surface area contributed by atoms with Crippen LogP contribution < -0.4 is 5.32 Å². The SMILES string of the molecule is Clc1cccc(-c2n[nH]c3c2[C@H]2CC[C@H](C3)N2)c1. The van der Waals surface area contributed by atoms with Gasteiger partial charge in [-0.05, 0) is 25.0 Å². The van der Waals surface area contributed by atoms with E-state index < -0.39 is 0 Å². The second-order valence-corrected chi connectivity index (χ2v) is 5.61. The Kier molecular flexibility index (Phi) is 2.26. The lowest BCUT2D eigenvalue weighted by molar-refractivity contribution is 0.511. The molecule has 0 unspecified atom stereocenters. The average Bonchev–Trinajstić information content (AvgIpc) is 2.95. The first kappa shape index (κ1) is 10.6. The van der Waals surface area contributed by atoms with E-state index in [0.29, 0.717) is 12.1 Å². The van der Waals surface area contributed by atoms with Crippen LogP contribution in [0, 0.1) is 0 Å². The van der Waals surface area contributed by atoms with Crippen molar-refractivity contribution in [3.8, 4) is 11.3 Å². The lowest BCUT2D eigenvalue weighted by Gasteiger charge is -2.21. The topological polar surface area (TPSA) is 40.7 Å². The highest BCUT2D eigenvalue weighted by atomic mass is 35.5. The molecule has 0 aliphatic carbocycles. The first-order valence-electron chi connectivity index (χ1n) is 6.40. The fourth-order valence-corrected chi connectivity index (χ4v) is 3.42. The minimum absolute atomic E-state index is 0.464. The smallest absolute Gasteiger partial charge is 0.0971 e. The van der Waals surface area contributed by atoms with Gasteiger partial charge in [-0.25, -0.2) is 0 Å². The lowest BCUT2D eigenvalue weighted by Crippen LogP contribution is -2.31. The van der Waals surface area contributed by atoms with Crippen LogP contribution in [0.3, 0.4) is 0 Å². The fraction of sp³-hybridized carbons (Fsp3) is 0.357. The van der Waals surface area contributed by atoms with Gasteiger partial charge in [0.1, 0.15) is 0 Å². The Morgan fingerprint density at radius 1 is 1.28 bits per heavy atom. The quantitative estimate of drug-likeness (QED) is 0.826. The molecule has 18 heavy (non-hydrogen) atoms. The van der Waals surface area contributed by atoms with Crippen molar-refractivity contribution in [2.75, 3.05) is 0 Å². The molecule has 0 radical (unpaired) electrons. The molecule has 0 saturated carbocycles. The molecule has 2 N–H and O–H groups in total. The Labute approximate surface area is 111 Å². The lowest BCUT2D eigenvalue weighted by atomic mass is 9.96. The van der Waals surface area contributed by atoms with Gasteiger partial charge in [0.2, 0.25) is 0 Å². The predicted molar refractivity (Wildman–Crippen MR) is 71.6 cm³/mol. The van der Waals surface area contributed by atoms with E-state index in [1.807, 2.05) is 18.2 Å². The second kappa shape index (κ2) is 3.84. The number of benzene rings is 1. The fourth-order valence-electron chi connectivity index (χ4n) is 3.23. The zero-order valence-electron chi connectivity index (χ0n) is 9.91. The first-order valence-corrected chi connectivity index (χ1v) is 6.78. The normalized spacial score (nSPS) is 25.2. The molecule has 92 valence electrons. The molecule has 4 heteroatoms.